The largest absolute Gasteiger partial charge is 0.261 e. The third-order valence-electron chi connectivity index (χ3n) is 2.50. The lowest BCUT2D eigenvalue weighted by atomic mass is 10.1. The minimum absolute atomic E-state index is 0.454. The molecule has 0 aromatic carbocycles. The molecule has 3 heteroatoms. The molecule has 0 amide bonds. The van der Waals surface area contributed by atoms with E-state index in [-0.39, 0.29) is 0 Å². The van der Waals surface area contributed by atoms with Crippen molar-refractivity contribution in [1.82, 2.24) is 10.2 Å². The monoisotopic (exact) mass is 156 g/mol. The minimum Gasteiger partial charge on any atom is -0.261 e. The molecule has 1 rings (SSSR count). The van der Waals surface area contributed by atoms with Crippen LogP contribution >= 0.6 is 0 Å². The smallest absolute Gasteiger partial charge is 0.0656 e. The molecule has 0 fully saturated rings. The molecule has 0 spiro atoms. The maximum atomic E-state index is 5.18. The van der Waals surface area contributed by atoms with Gasteiger partial charge in [0.25, 0.3) is 0 Å². The average Bonchev–Trinajstić information content (AvgIpc) is 2.17. The number of likely N-dealkylation sites (N-methyl/N-ethyl adjacent to an activating group) is 1. The van der Waals surface area contributed by atoms with E-state index in [0.29, 0.717) is 6.04 Å². The summed E-state index contributed by atoms with van der Waals surface area (Å²) in [4.78, 5) is 5.18. The van der Waals surface area contributed by atoms with Gasteiger partial charge in [-0.25, -0.2) is 0 Å². The molecule has 1 aliphatic rings. The molecule has 0 aliphatic carbocycles. The zero-order valence-electron chi connectivity index (χ0n) is 7.88. The normalized spacial score (nSPS) is 27.0. The van der Waals surface area contributed by atoms with Gasteiger partial charge in [-0.2, -0.15) is 10.2 Å². The number of nitrogens with zero attached hydrogens (tertiary/aromatic N) is 2. The molecule has 0 aromatic heterocycles. The summed E-state index contributed by atoms with van der Waals surface area (Å²) in [5, 5.41) is 3.89. The lowest BCUT2D eigenvalue weighted by Crippen LogP contribution is -2.37. The van der Waals surface area contributed by atoms with Crippen LogP contribution in [0.3, 0.4) is 0 Å². The van der Waals surface area contributed by atoms with Crippen LogP contribution in [0, 0.1) is 0 Å². The molecule has 3 nitrogen and oxygen atoms in total. The average molecular weight is 156 g/mol. The second kappa shape index (κ2) is 2.83. The third kappa shape index (κ3) is 1.14. The number of rotatable bonds is 1. The Morgan fingerprint density at radius 3 is 2.09 bits per heavy atom. The Labute approximate surface area is 68.2 Å². The number of allylic oxidation sites excluding steroid dienone is 1. The van der Waals surface area contributed by atoms with Crippen molar-refractivity contribution in [1.29, 1.82) is 0 Å². The maximum absolute atomic E-state index is 5.18. The zero-order chi connectivity index (χ0) is 8.59. The van der Waals surface area contributed by atoms with Crippen LogP contribution in [0.4, 0.5) is 0 Å². The first-order chi connectivity index (χ1) is 5.09. The summed E-state index contributed by atoms with van der Waals surface area (Å²) in [6.07, 6.45) is 0. The second-order valence-electron chi connectivity index (χ2n) is 2.97. The van der Waals surface area contributed by atoms with Crippen molar-refractivity contribution in [2.24, 2.45) is 0 Å². The van der Waals surface area contributed by atoms with Crippen molar-refractivity contribution < 1.29 is 4.84 Å². The Kier molecular flexibility index (Phi) is 2.20. The first-order valence-corrected chi connectivity index (χ1v) is 3.84. The molecule has 0 saturated heterocycles. The third-order valence-corrected chi connectivity index (χ3v) is 2.50. The van der Waals surface area contributed by atoms with Gasteiger partial charge in [-0.05, 0) is 26.3 Å². The highest BCUT2D eigenvalue weighted by molar-refractivity contribution is 5.17. The Morgan fingerprint density at radius 2 is 1.91 bits per heavy atom. The number of hydrazine groups is 1. The summed E-state index contributed by atoms with van der Waals surface area (Å²) < 4.78 is 0. The van der Waals surface area contributed by atoms with Crippen LogP contribution in [-0.4, -0.2) is 30.4 Å². The van der Waals surface area contributed by atoms with Crippen molar-refractivity contribution in [3.05, 3.63) is 11.3 Å². The van der Waals surface area contributed by atoms with E-state index in [2.05, 4.69) is 25.8 Å². The first-order valence-electron chi connectivity index (χ1n) is 3.84. The van der Waals surface area contributed by atoms with Crippen LogP contribution in [0.25, 0.3) is 0 Å². The molecule has 1 unspecified atom stereocenters. The van der Waals surface area contributed by atoms with Gasteiger partial charge in [0.05, 0.1) is 18.8 Å². The van der Waals surface area contributed by atoms with Gasteiger partial charge in [-0.15, -0.1) is 0 Å². The Bertz CT molecular complexity index is 189. The molecule has 64 valence electrons. The maximum Gasteiger partial charge on any atom is 0.0656 e. The molecule has 0 radical (unpaired) electrons. The molecule has 11 heavy (non-hydrogen) atoms. The predicted octanol–water partition coefficient (Wildman–Crippen LogP) is 1.39. The highest BCUT2D eigenvalue weighted by atomic mass is 16.7. The Hall–Kier alpha value is -0.540. The summed E-state index contributed by atoms with van der Waals surface area (Å²) in [5.41, 5.74) is 2.57. The van der Waals surface area contributed by atoms with Gasteiger partial charge in [-0.1, -0.05) is 0 Å². The first kappa shape index (κ1) is 8.56. The molecule has 0 N–H and O–H groups in total. The highest BCUT2D eigenvalue weighted by Crippen LogP contribution is 2.26. The van der Waals surface area contributed by atoms with E-state index in [1.54, 1.807) is 7.11 Å². The van der Waals surface area contributed by atoms with Crippen molar-refractivity contribution in [2.75, 3.05) is 14.2 Å². The number of hydrogen-bond acceptors (Lipinski definition) is 3. The quantitative estimate of drug-likeness (QED) is 0.570. The van der Waals surface area contributed by atoms with Gasteiger partial charge in [0.1, 0.15) is 0 Å². The van der Waals surface area contributed by atoms with E-state index in [1.165, 1.54) is 11.3 Å². The summed E-state index contributed by atoms with van der Waals surface area (Å²) in [7, 11) is 3.71. The lowest BCUT2D eigenvalue weighted by molar-refractivity contribution is -0.226. The summed E-state index contributed by atoms with van der Waals surface area (Å²) in [6, 6.07) is 0.454. The van der Waals surface area contributed by atoms with Crippen LogP contribution in [0.1, 0.15) is 20.8 Å². The van der Waals surface area contributed by atoms with Crippen molar-refractivity contribution in [3.8, 4) is 0 Å². The van der Waals surface area contributed by atoms with Gasteiger partial charge >= 0.3 is 0 Å². The molecule has 0 saturated carbocycles. The van der Waals surface area contributed by atoms with Crippen molar-refractivity contribution in [3.63, 3.8) is 0 Å². The topological polar surface area (TPSA) is 15.7 Å². The number of hydrogen-bond donors (Lipinski definition) is 0. The fourth-order valence-electron chi connectivity index (χ4n) is 1.39. The predicted molar refractivity (Wildman–Crippen MR) is 44.4 cm³/mol. The summed E-state index contributed by atoms with van der Waals surface area (Å²) >= 11 is 0. The fraction of sp³-hybridized carbons (Fsp3) is 0.750. The van der Waals surface area contributed by atoms with Crippen LogP contribution in [-0.2, 0) is 4.84 Å². The standard InChI is InChI=1S/C8H16N2O/c1-6-7(2)9(4)10(11-5)8(6)3/h7H,1-5H3. The fourth-order valence-corrected chi connectivity index (χ4v) is 1.39. The van der Waals surface area contributed by atoms with Crippen LogP contribution in [0.5, 0.6) is 0 Å². The van der Waals surface area contributed by atoms with Gasteiger partial charge < -0.3 is 0 Å². The molecule has 1 atom stereocenters. The zero-order valence-corrected chi connectivity index (χ0v) is 7.88. The summed E-state index contributed by atoms with van der Waals surface area (Å²) in [6.45, 7) is 6.37. The van der Waals surface area contributed by atoms with Crippen molar-refractivity contribution in [2.45, 2.75) is 26.8 Å². The van der Waals surface area contributed by atoms with E-state index in [0.717, 1.165) is 0 Å². The minimum atomic E-state index is 0.454. The molecule has 1 aliphatic heterocycles. The molecule has 0 bridgehead atoms. The van der Waals surface area contributed by atoms with E-state index >= 15 is 0 Å². The molecular formula is C8H16N2O. The van der Waals surface area contributed by atoms with Crippen LogP contribution in [0.2, 0.25) is 0 Å². The van der Waals surface area contributed by atoms with Gasteiger partial charge in [-0.3, -0.25) is 4.84 Å². The Balaban J connectivity index is 2.86. The van der Waals surface area contributed by atoms with E-state index in [1.807, 2.05) is 12.2 Å². The van der Waals surface area contributed by atoms with Gasteiger partial charge in [0, 0.05) is 7.05 Å². The highest BCUT2D eigenvalue weighted by Gasteiger charge is 2.28. The lowest BCUT2D eigenvalue weighted by Gasteiger charge is -2.27. The molecule has 0 aromatic rings. The van der Waals surface area contributed by atoms with Crippen molar-refractivity contribution >= 4 is 0 Å². The SMILES string of the molecule is CON1C(C)=C(C)C(C)N1C. The van der Waals surface area contributed by atoms with Crippen LogP contribution < -0.4 is 0 Å². The molecule has 1 heterocycles. The second-order valence-corrected chi connectivity index (χ2v) is 2.97. The van der Waals surface area contributed by atoms with Gasteiger partial charge in [0.15, 0.2) is 0 Å². The van der Waals surface area contributed by atoms with E-state index in [4.69, 9.17) is 4.84 Å². The van der Waals surface area contributed by atoms with Crippen LogP contribution in [0.15, 0.2) is 11.3 Å². The van der Waals surface area contributed by atoms with Gasteiger partial charge in [0.2, 0.25) is 0 Å². The van der Waals surface area contributed by atoms with E-state index < -0.39 is 0 Å². The summed E-state index contributed by atoms with van der Waals surface area (Å²) in [5.74, 6) is 0. The number of hydroxylamine groups is 1. The Morgan fingerprint density at radius 1 is 1.36 bits per heavy atom. The van der Waals surface area contributed by atoms with E-state index in [9.17, 15) is 0 Å². The molecular weight excluding hydrogens is 140 g/mol.